The quantitative estimate of drug-likeness (QED) is 0.928. The van der Waals surface area contributed by atoms with E-state index in [1.807, 2.05) is 0 Å². The minimum absolute atomic E-state index is 0.0490. The van der Waals surface area contributed by atoms with E-state index in [0.717, 1.165) is 0 Å². The van der Waals surface area contributed by atoms with Crippen LogP contribution in [0.4, 0.5) is 4.39 Å². The van der Waals surface area contributed by atoms with Gasteiger partial charge in [0.05, 0.1) is 5.56 Å². The van der Waals surface area contributed by atoms with Crippen molar-refractivity contribution in [2.45, 2.75) is 6.61 Å². The van der Waals surface area contributed by atoms with Crippen molar-refractivity contribution >= 4 is 21.9 Å². The zero-order chi connectivity index (χ0) is 13.8. The monoisotopic (exact) mass is 324 g/mol. The van der Waals surface area contributed by atoms with E-state index in [1.54, 1.807) is 30.3 Å². The van der Waals surface area contributed by atoms with Gasteiger partial charge < -0.3 is 9.84 Å². The van der Waals surface area contributed by atoms with Gasteiger partial charge in [-0.3, -0.25) is 0 Å². The number of rotatable bonds is 4. The van der Waals surface area contributed by atoms with E-state index in [9.17, 15) is 9.18 Å². The third kappa shape index (κ3) is 3.32. The van der Waals surface area contributed by atoms with Crippen molar-refractivity contribution in [3.63, 3.8) is 0 Å². The molecule has 0 aliphatic carbocycles. The maximum absolute atomic E-state index is 13.4. The van der Waals surface area contributed by atoms with E-state index in [4.69, 9.17) is 9.84 Å². The van der Waals surface area contributed by atoms with Gasteiger partial charge in [-0.2, -0.15) is 0 Å². The van der Waals surface area contributed by atoms with Crippen molar-refractivity contribution in [2.24, 2.45) is 0 Å². The molecule has 1 N–H and O–H groups in total. The van der Waals surface area contributed by atoms with Crippen LogP contribution in [-0.2, 0) is 6.61 Å². The number of carbonyl (C=O) groups is 1. The summed E-state index contributed by atoms with van der Waals surface area (Å²) in [6.45, 7) is 0.0490. The Balaban J connectivity index is 2.14. The SMILES string of the molecule is O=C(O)c1cc(OCc2ccccc2F)ccc1Br. The molecule has 0 aliphatic rings. The lowest BCUT2D eigenvalue weighted by atomic mass is 10.2. The van der Waals surface area contributed by atoms with Crippen LogP contribution in [0.15, 0.2) is 46.9 Å². The van der Waals surface area contributed by atoms with Crippen LogP contribution in [0.5, 0.6) is 5.75 Å². The van der Waals surface area contributed by atoms with E-state index < -0.39 is 5.97 Å². The van der Waals surface area contributed by atoms with E-state index in [1.165, 1.54) is 12.1 Å². The predicted molar refractivity (Wildman–Crippen MR) is 71.8 cm³/mol. The maximum Gasteiger partial charge on any atom is 0.336 e. The molecule has 0 saturated carbocycles. The third-order valence-corrected chi connectivity index (χ3v) is 3.21. The summed E-state index contributed by atoms with van der Waals surface area (Å²) >= 11 is 3.14. The van der Waals surface area contributed by atoms with Crippen LogP contribution < -0.4 is 4.74 Å². The first-order chi connectivity index (χ1) is 9.08. The van der Waals surface area contributed by atoms with Crippen molar-refractivity contribution in [3.8, 4) is 5.75 Å². The van der Waals surface area contributed by atoms with Gasteiger partial charge in [0.2, 0.25) is 0 Å². The summed E-state index contributed by atoms with van der Waals surface area (Å²) in [5, 5.41) is 8.97. The van der Waals surface area contributed by atoms with E-state index in [2.05, 4.69) is 15.9 Å². The molecule has 2 aromatic carbocycles. The molecular weight excluding hydrogens is 315 g/mol. The highest BCUT2D eigenvalue weighted by molar-refractivity contribution is 9.10. The molecule has 0 aromatic heterocycles. The fourth-order valence-electron chi connectivity index (χ4n) is 1.53. The normalized spacial score (nSPS) is 10.2. The van der Waals surface area contributed by atoms with Gasteiger partial charge in [-0.25, -0.2) is 9.18 Å². The van der Waals surface area contributed by atoms with Gasteiger partial charge in [0.15, 0.2) is 0 Å². The number of aromatic carboxylic acids is 1. The van der Waals surface area contributed by atoms with Crippen LogP contribution in [0, 0.1) is 5.82 Å². The van der Waals surface area contributed by atoms with Crippen LogP contribution in [-0.4, -0.2) is 11.1 Å². The predicted octanol–water partition coefficient (Wildman–Crippen LogP) is 3.87. The lowest BCUT2D eigenvalue weighted by Crippen LogP contribution is -2.01. The summed E-state index contributed by atoms with van der Waals surface area (Å²) < 4.78 is 19.2. The van der Waals surface area contributed by atoms with Crippen LogP contribution in [0.1, 0.15) is 15.9 Å². The molecule has 0 fully saturated rings. The highest BCUT2D eigenvalue weighted by Crippen LogP contribution is 2.23. The number of ether oxygens (including phenoxy) is 1. The van der Waals surface area contributed by atoms with Gasteiger partial charge in [0.25, 0.3) is 0 Å². The molecule has 0 amide bonds. The molecule has 2 rings (SSSR count). The Bertz CT molecular complexity index is 613. The molecule has 0 radical (unpaired) electrons. The molecule has 3 nitrogen and oxygen atoms in total. The Kier molecular flexibility index (Phi) is 4.16. The summed E-state index contributed by atoms with van der Waals surface area (Å²) in [5.41, 5.74) is 0.522. The molecule has 0 atom stereocenters. The average Bonchev–Trinajstić information content (AvgIpc) is 2.39. The standard InChI is InChI=1S/C14H10BrFO3/c15-12-6-5-10(7-11(12)14(17)18)19-8-9-3-1-2-4-13(9)16/h1-7H,8H2,(H,17,18). The lowest BCUT2D eigenvalue weighted by molar-refractivity contribution is 0.0695. The number of benzene rings is 2. The number of carboxylic acids is 1. The molecule has 98 valence electrons. The summed E-state index contributed by atoms with van der Waals surface area (Å²) in [6, 6.07) is 10.9. The molecule has 0 spiro atoms. The molecule has 5 heteroatoms. The molecule has 0 saturated heterocycles. The number of hydrogen-bond acceptors (Lipinski definition) is 2. The van der Waals surface area contributed by atoms with Gasteiger partial charge >= 0.3 is 5.97 Å². The van der Waals surface area contributed by atoms with Crippen LogP contribution in [0.2, 0.25) is 0 Å². The lowest BCUT2D eigenvalue weighted by Gasteiger charge is -2.08. The van der Waals surface area contributed by atoms with Crippen molar-refractivity contribution in [2.75, 3.05) is 0 Å². The van der Waals surface area contributed by atoms with Gasteiger partial charge in [0.1, 0.15) is 18.2 Å². The number of carboxylic acid groups (broad SMARTS) is 1. The molecular formula is C14H10BrFO3. The zero-order valence-corrected chi connectivity index (χ0v) is 11.4. The number of hydrogen-bond donors (Lipinski definition) is 1. The van der Waals surface area contributed by atoms with Gasteiger partial charge in [-0.15, -0.1) is 0 Å². The number of halogens is 2. The largest absolute Gasteiger partial charge is 0.489 e. The average molecular weight is 325 g/mol. The van der Waals surface area contributed by atoms with Gasteiger partial charge in [-0.05, 0) is 40.2 Å². The smallest absolute Gasteiger partial charge is 0.336 e. The van der Waals surface area contributed by atoms with Crippen molar-refractivity contribution in [3.05, 3.63) is 63.9 Å². The molecule has 19 heavy (non-hydrogen) atoms. The second-order valence-electron chi connectivity index (χ2n) is 3.83. The van der Waals surface area contributed by atoms with Crippen LogP contribution in [0.25, 0.3) is 0 Å². The topological polar surface area (TPSA) is 46.5 Å². The van der Waals surface area contributed by atoms with Crippen molar-refractivity contribution in [1.82, 2.24) is 0 Å². The first-order valence-corrected chi connectivity index (χ1v) is 6.26. The Morgan fingerprint density at radius 3 is 2.68 bits per heavy atom. The zero-order valence-electron chi connectivity index (χ0n) is 9.77. The molecule has 0 aliphatic heterocycles. The van der Waals surface area contributed by atoms with E-state index >= 15 is 0 Å². The Morgan fingerprint density at radius 2 is 2.00 bits per heavy atom. The first kappa shape index (κ1) is 13.5. The van der Waals surface area contributed by atoms with Crippen molar-refractivity contribution < 1.29 is 19.0 Å². The first-order valence-electron chi connectivity index (χ1n) is 5.47. The van der Waals surface area contributed by atoms with Gasteiger partial charge in [0, 0.05) is 10.0 Å². The second-order valence-corrected chi connectivity index (χ2v) is 4.68. The molecule has 0 unspecified atom stereocenters. The summed E-state index contributed by atoms with van der Waals surface area (Å²) in [6.07, 6.45) is 0. The van der Waals surface area contributed by atoms with Crippen LogP contribution in [0.3, 0.4) is 0 Å². The Hall–Kier alpha value is -1.88. The van der Waals surface area contributed by atoms with Gasteiger partial charge in [-0.1, -0.05) is 18.2 Å². The van der Waals surface area contributed by atoms with E-state index in [-0.39, 0.29) is 18.0 Å². The summed E-state index contributed by atoms with van der Waals surface area (Å²) in [4.78, 5) is 11.0. The fraction of sp³-hybridized carbons (Fsp3) is 0.0714. The highest BCUT2D eigenvalue weighted by Gasteiger charge is 2.10. The highest BCUT2D eigenvalue weighted by atomic mass is 79.9. The molecule has 2 aromatic rings. The molecule has 0 bridgehead atoms. The third-order valence-electron chi connectivity index (χ3n) is 2.52. The summed E-state index contributed by atoms with van der Waals surface area (Å²) in [5.74, 6) is -1.02. The van der Waals surface area contributed by atoms with Crippen LogP contribution >= 0.6 is 15.9 Å². The maximum atomic E-state index is 13.4. The Morgan fingerprint density at radius 1 is 1.26 bits per heavy atom. The minimum Gasteiger partial charge on any atom is -0.489 e. The molecule has 0 heterocycles. The fourth-order valence-corrected chi connectivity index (χ4v) is 1.95. The Labute approximate surface area is 117 Å². The van der Waals surface area contributed by atoms with Crippen molar-refractivity contribution in [1.29, 1.82) is 0 Å². The second kappa shape index (κ2) is 5.84. The minimum atomic E-state index is -1.05. The van der Waals surface area contributed by atoms with E-state index in [0.29, 0.717) is 15.8 Å². The summed E-state index contributed by atoms with van der Waals surface area (Å²) in [7, 11) is 0.